The van der Waals surface area contributed by atoms with Crippen LogP contribution in [-0.2, 0) is 4.74 Å². The lowest BCUT2D eigenvalue weighted by Gasteiger charge is -2.13. The molecular formula is C11H11NO2. The second-order valence-electron chi connectivity index (χ2n) is 3.08. The van der Waals surface area contributed by atoms with E-state index in [2.05, 4.69) is 10.1 Å². The van der Waals surface area contributed by atoms with Crippen LogP contribution in [0.5, 0.6) is 0 Å². The predicted molar refractivity (Wildman–Crippen MR) is 55.3 cm³/mol. The highest BCUT2D eigenvalue weighted by molar-refractivity contribution is 5.91. The molecular weight excluding hydrogens is 178 g/mol. The van der Waals surface area contributed by atoms with E-state index in [1.165, 1.54) is 7.11 Å². The fourth-order valence-electron chi connectivity index (χ4n) is 1.46. The molecule has 0 amide bonds. The maximum atomic E-state index is 11.2. The molecule has 0 radical (unpaired) electrons. The van der Waals surface area contributed by atoms with E-state index in [4.69, 9.17) is 0 Å². The van der Waals surface area contributed by atoms with Gasteiger partial charge in [-0.1, -0.05) is 12.2 Å². The van der Waals surface area contributed by atoms with Crippen molar-refractivity contribution >= 4 is 17.7 Å². The van der Waals surface area contributed by atoms with Gasteiger partial charge in [0.2, 0.25) is 0 Å². The minimum atomic E-state index is -0.299. The third-order valence-corrected chi connectivity index (χ3v) is 2.18. The number of ether oxygens (including phenoxy) is 1. The Kier molecular flexibility index (Phi) is 2.23. The molecule has 1 aromatic rings. The van der Waals surface area contributed by atoms with Gasteiger partial charge in [-0.25, -0.2) is 4.79 Å². The number of hydrogen-bond donors (Lipinski definition) is 1. The molecule has 0 fully saturated rings. The van der Waals surface area contributed by atoms with Crippen molar-refractivity contribution in [3.63, 3.8) is 0 Å². The van der Waals surface area contributed by atoms with Gasteiger partial charge in [0.05, 0.1) is 12.7 Å². The quantitative estimate of drug-likeness (QED) is 0.686. The van der Waals surface area contributed by atoms with Crippen molar-refractivity contribution < 1.29 is 9.53 Å². The van der Waals surface area contributed by atoms with E-state index < -0.39 is 0 Å². The number of carbonyl (C=O) groups excluding carboxylic acids is 1. The van der Waals surface area contributed by atoms with Crippen LogP contribution in [0, 0.1) is 0 Å². The molecule has 14 heavy (non-hydrogen) atoms. The Morgan fingerprint density at radius 1 is 1.50 bits per heavy atom. The van der Waals surface area contributed by atoms with Gasteiger partial charge in [-0.05, 0) is 23.8 Å². The first-order chi connectivity index (χ1) is 6.81. The Bertz CT molecular complexity index is 396. The zero-order chi connectivity index (χ0) is 9.97. The summed E-state index contributed by atoms with van der Waals surface area (Å²) in [6, 6.07) is 5.48. The van der Waals surface area contributed by atoms with Gasteiger partial charge in [-0.15, -0.1) is 0 Å². The van der Waals surface area contributed by atoms with Crippen molar-refractivity contribution in [2.24, 2.45) is 0 Å². The summed E-state index contributed by atoms with van der Waals surface area (Å²) in [5, 5.41) is 3.21. The van der Waals surface area contributed by atoms with Crippen molar-refractivity contribution in [2.45, 2.75) is 0 Å². The van der Waals surface area contributed by atoms with Crippen LogP contribution in [0.4, 0.5) is 5.69 Å². The van der Waals surface area contributed by atoms with Crippen molar-refractivity contribution in [3.8, 4) is 0 Å². The normalized spacial score (nSPS) is 12.9. The van der Waals surface area contributed by atoms with Gasteiger partial charge in [0.25, 0.3) is 0 Å². The molecule has 1 aromatic carbocycles. The molecule has 0 bridgehead atoms. The molecule has 0 saturated heterocycles. The lowest BCUT2D eigenvalue weighted by atomic mass is 10.1. The molecule has 1 aliphatic rings. The molecule has 1 N–H and O–H groups in total. The Morgan fingerprint density at radius 3 is 3.14 bits per heavy atom. The number of rotatable bonds is 1. The summed E-state index contributed by atoms with van der Waals surface area (Å²) >= 11 is 0. The number of carbonyl (C=O) groups is 1. The van der Waals surface area contributed by atoms with Gasteiger partial charge in [0, 0.05) is 12.2 Å². The monoisotopic (exact) mass is 189 g/mol. The Labute approximate surface area is 82.4 Å². The first kappa shape index (κ1) is 8.81. The third-order valence-electron chi connectivity index (χ3n) is 2.18. The Hall–Kier alpha value is -1.77. The van der Waals surface area contributed by atoms with Crippen LogP contribution < -0.4 is 5.32 Å². The van der Waals surface area contributed by atoms with E-state index >= 15 is 0 Å². The van der Waals surface area contributed by atoms with Crippen LogP contribution in [-0.4, -0.2) is 19.6 Å². The molecule has 0 spiro atoms. The van der Waals surface area contributed by atoms with Crippen molar-refractivity contribution in [3.05, 3.63) is 35.4 Å². The molecule has 0 aliphatic carbocycles. The van der Waals surface area contributed by atoms with Gasteiger partial charge < -0.3 is 10.1 Å². The SMILES string of the molecule is COC(=O)c1ccc2c(c1)C=CCN2. The molecule has 1 aliphatic heterocycles. The van der Waals surface area contributed by atoms with E-state index in [0.29, 0.717) is 5.56 Å². The van der Waals surface area contributed by atoms with Crippen molar-refractivity contribution in [2.75, 3.05) is 19.0 Å². The van der Waals surface area contributed by atoms with Gasteiger partial charge in [0.15, 0.2) is 0 Å². The number of benzene rings is 1. The number of esters is 1. The minimum absolute atomic E-state index is 0.299. The fourth-order valence-corrected chi connectivity index (χ4v) is 1.46. The van der Waals surface area contributed by atoms with Crippen LogP contribution in [0.2, 0.25) is 0 Å². The van der Waals surface area contributed by atoms with E-state index in [0.717, 1.165) is 17.8 Å². The summed E-state index contributed by atoms with van der Waals surface area (Å²) < 4.78 is 4.64. The summed E-state index contributed by atoms with van der Waals surface area (Å²) in [5.41, 5.74) is 2.67. The van der Waals surface area contributed by atoms with Gasteiger partial charge in [-0.2, -0.15) is 0 Å². The summed E-state index contributed by atoms with van der Waals surface area (Å²) in [5.74, 6) is -0.299. The minimum Gasteiger partial charge on any atom is -0.465 e. The zero-order valence-electron chi connectivity index (χ0n) is 7.91. The molecule has 1 heterocycles. The van der Waals surface area contributed by atoms with Crippen LogP contribution in [0.15, 0.2) is 24.3 Å². The molecule has 3 heteroatoms. The van der Waals surface area contributed by atoms with Gasteiger partial charge >= 0.3 is 5.97 Å². The molecule has 0 unspecified atom stereocenters. The summed E-state index contributed by atoms with van der Waals surface area (Å²) in [6.07, 6.45) is 4.02. The largest absolute Gasteiger partial charge is 0.465 e. The first-order valence-corrected chi connectivity index (χ1v) is 4.44. The topological polar surface area (TPSA) is 38.3 Å². The van der Waals surface area contributed by atoms with E-state index in [9.17, 15) is 4.79 Å². The molecule has 0 aromatic heterocycles. The molecule has 0 saturated carbocycles. The highest BCUT2D eigenvalue weighted by Gasteiger charge is 2.09. The highest BCUT2D eigenvalue weighted by atomic mass is 16.5. The molecule has 3 nitrogen and oxygen atoms in total. The molecule has 72 valence electrons. The average molecular weight is 189 g/mol. The van der Waals surface area contributed by atoms with Crippen LogP contribution in [0.1, 0.15) is 15.9 Å². The zero-order valence-corrected chi connectivity index (χ0v) is 7.91. The van der Waals surface area contributed by atoms with Gasteiger partial charge in [-0.3, -0.25) is 0 Å². The predicted octanol–water partition coefficient (Wildman–Crippen LogP) is 1.91. The number of fused-ring (bicyclic) bond motifs is 1. The van der Waals surface area contributed by atoms with E-state index in [-0.39, 0.29) is 5.97 Å². The number of methoxy groups -OCH3 is 1. The molecule has 0 atom stereocenters. The molecule has 2 rings (SSSR count). The number of anilines is 1. The standard InChI is InChI=1S/C11H11NO2/c1-14-11(13)9-4-5-10-8(7-9)3-2-6-12-10/h2-5,7,12H,6H2,1H3. The van der Waals surface area contributed by atoms with E-state index in [1.807, 2.05) is 24.3 Å². The van der Waals surface area contributed by atoms with Gasteiger partial charge in [0.1, 0.15) is 0 Å². The second kappa shape index (κ2) is 3.54. The third kappa shape index (κ3) is 1.48. The Morgan fingerprint density at radius 2 is 2.36 bits per heavy atom. The highest BCUT2D eigenvalue weighted by Crippen LogP contribution is 2.22. The smallest absolute Gasteiger partial charge is 0.337 e. The number of hydrogen-bond acceptors (Lipinski definition) is 3. The second-order valence-corrected chi connectivity index (χ2v) is 3.08. The van der Waals surface area contributed by atoms with E-state index in [1.54, 1.807) is 6.07 Å². The lowest BCUT2D eigenvalue weighted by molar-refractivity contribution is 0.0601. The average Bonchev–Trinajstić information content (AvgIpc) is 2.27. The van der Waals surface area contributed by atoms with Crippen LogP contribution in [0.3, 0.4) is 0 Å². The first-order valence-electron chi connectivity index (χ1n) is 4.44. The van der Waals surface area contributed by atoms with Crippen LogP contribution >= 0.6 is 0 Å². The number of nitrogens with one attached hydrogen (secondary N) is 1. The van der Waals surface area contributed by atoms with Crippen molar-refractivity contribution in [1.29, 1.82) is 0 Å². The maximum Gasteiger partial charge on any atom is 0.337 e. The maximum absolute atomic E-state index is 11.2. The summed E-state index contributed by atoms with van der Waals surface area (Å²) in [4.78, 5) is 11.2. The summed E-state index contributed by atoms with van der Waals surface area (Å²) in [7, 11) is 1.38. The van der Waals surface area contributed by atoms with Crippen molar-refractivity contribution in [1.82, 2.24) is 0 Å². The lowest BCUT2D eigenvalue weighted by Crippen LogP contribution is -2.07. The van der Waals surface area contributed by atoms with Crippen LogP contribution in [0.25, 0.3) is 6.08 Å². The fraction of sp³-hybridized carbons (Fsp3) is 0.182. The Balaban J connectivity index is 2.40. The summed E-state index contributed by atoms with van der Waals surface area (Å²) in [6.45, 7) is 0.838.